The monoisotopic (exact) mass is 238 g/mol. The highest BCUT2D eigenvalue weighted by Crippen LogP contribution is 2.30. The summed E-state index contributed by atoms with van der Waals surface area (Å²) >= 11 is 0. The van der Waals surface area contributed by atoms with Gasteiger partial charge in [-0.25, -0.2) is 0 Å². The van der Waals surface area contributed by atoms with Crippen molar-refractivity contribution in [1.82, 2.24) is 5.32 Å². The first kappa shape index (κ1) is 11.3. The zero-order valence-corrected chi connectivity index (χ0v) is 10.2. The third-order valence-electron chi connectivity index (χ3n) is 3.59. The molecule has 2 heteroatoms. The average Bonchev–Trinajstić information content (AvgIpc) is 2.83. The molecule has 1 radical (unpaired) electrons. The van der Waals surface area contributed by atoms with Crippen molar-refractivity contribution in [2.24, 2.45) is 0 Å². The molecule has 2 aliphatic carbocycles. The van der Waals surface area contributed by atoms with Crippen LogP contribution in [0, 0.1) is 6.42 Å². The minimum Gasteiger partial charge on any atom is -0.345 e. The topological polar surface area (TPSA) is 29.1 Å². The fourth-order valence-corrected chi connectivity index (χ4v) is 2.63. The SMILES string of the molecule is O=C(NC1CCc2ccccc21)C1=CC[CH]C=C1. The molecule has 0 heterocycles. The Bertz CT molecular complexity index is 528. The Hall–Kier alpha value is -1.83. The van der Waals surface area contributed by atoms with Crippen LogP contribution in [0.15, 0.2) is 48.1 Å². The van der Waals surface area contributed by atoms with Gasteiger partial charge in [0, 0.05) is 5.57 Å². The Morgan fingerprint density at radius 1 is 1.28 bits per heavy atom. The van der Waals surface area contributed by atoms with Gasteiger partial charge in [-0.1, -0.05) is 42.5 Å². The molecular formula is C16H16NO. The number of allylic oxidation sites excluding steroid dienone is 2. The summed E-state index contributed by atoms with van der Waals surface area (Å²) in [6.07, 6.45) is 10.7. The molecular weight excluding hydrogens is 222 g/mol. The molecule has 91 valence electrons. The van der Waals surface area contributed by atoms with Gasteiger partial charge in [0.05, 0.1) is 6.04 Å². The lowest BCUT2D eigenvalue weighted by Crippen LogP contribution is -2.28. The first-order valence-electron chi connectivity index (χ1n) is 6.43. The lowest BCUT2D eigenvalue weighted by atomic mass is 10.0. The smallest absolute Gasteiger partial charge is 0.251 e. The van der Waals surface area contributed by atoms with Crippen LogP contribution in [0.1, 0.15) is 30.0 Å². The lowest BCUT2D eigenvalue weighted by Gasteiger charge is -2.15. The van der Waals surface area contributed by atoms with E-state index in [1.807, 2.05) is 30.7 Å². The second kappa shape index (κ2) is 4.81. The van der Waals surface area contributed by atoms with Crippen molar-refractivity contribution in [3.63, 3.8) is 0 Å². The molecule has 0 saturated heterocycles. The van der Waals surface area contributed by atoms with Gasteiger partial charge in [0.15, 0.2) is 0 Å². The number of fused-ring (bicyclic) bond motifs is 1. The first-order chi connectivity index (χ1) is 8.84. The molecule has 1 atom stereocenters. The fraction of sp³-hybridized carbons (Fsp3) is 0.250. The van der Waals surface area contributed by atoms with E-state index in [1.54, 1.807) is 0 Å². The van der Waals surface area contributed by atoms with E-state index in [-0.39, 0.29) is 11.9 Å². The molecule has 2 aliphatic rings. The number of rotatable bonds is 2. The van der Waals surface area contributed by atoms with Crippen LogP contribution in [0.5, 0.6) is 0 Å². The zero-order chi connectivity index (χ0) is 12.4. The van der Waals surface area contributed by atoms with Crippen molar-refractivity contribution in [2.45, 2.75) is 25.3 Å². The maximum Gasteiger partial charge on any atom is 0.251 e. The average molecular weight is 238 g/mol. The van der Waals surface area contributed by atoms with Gasteiger partial charge >= 0.3 is 0 Å². The van der Waals surface area contributed by atoms with Crippen LogP contribution in [0.4, 0.5) is 0 Å². The van der Waals surface area contributed by atoms with E-state index < -0.39 is 0 Å². The summed E-state index contributed by atoms with van der Waals surface area (Å²) in [4.78, 5) is 12.1. The van der Waals surface area contributed by atoms with Crippen molar-refractivity contribution in [2.75, 3.05) is 0 Å². The maximum absolute atomic E-state index is 12.1. The van der Waals surface area contributed by atoms with E-state index in [9.17, 15) is 4.79 Å². The molecule has 1 N–H and O–H groups in total. The van der Waals surface area contributed by atoms with Crippen molar-refractivity contribution in [1.29, 1.82) is 0 Å². The zero-order valence-electron chi connectivity index (χ0n) is 10.2. The minimum atomic E-state index is 0.0426. The lowest BCUT2D eigenvalue weighted by molar-refractivity contribution is -0.117. The third kappa shape index (κ3) is 2.10. The fourth-order valence-electron chi connectivity index (χ4n) is 2.63. The molecule has 1 unspecified atom stereocenters. The highest BCUT2D eigenvalue weighted by atomic mass is 16.1. The van der Waals surface area contributed by atoms with Crippen LogP contribution in [0.3, 0.4) is 0 Å². The summed E-state index contributed by atoms with van der Waals surface area (Å²) in [5, 5.41) is 3.13. The van der Waals surface area contributed by atoms with Gasteiger partial charge in [-0.3, -0.25) is 4.79 Å². The standard InChI is InChI=1S/C16H16NO/c18-16(13-7-2-1-3-8-13)17-15-11-10-12-6-4-5-9-14(12)15/h1-2,4-9,15H,3,10-11H2,(H,17,18). The third-order valence-corrected chi connectivity index (χ3v) is 3.59. The van der Waals surface area contributed by atoms with Crippen LogP contribution in [0.25, 0.3) is 0 Å². The van der Waals surface area contributed by atoms with Crippen LogP contribution in [-0.2, 0) is 11.2 Å². The molecule has 1 aromatic rings. The van der Waals surface area contributed by atoms with Crippen molar-refractivity contribution in [3.8, 4) is 0 Å². The predicted molar refractivity (Wildman–Crippen MR) is 71.8 cm³/mol. The Labute approximate surface area is 107 Å². The molecule has 2 nitrogen and oxygen atoms in total. The summed E-state index contributed by atoms with van der Waals surface area (Å²) in [5.74, 6) is 0.0426. The minimum absolute atomic E-state index is 0.0426. The number of hydrogen-bond donors (Lipinski definition) is 1. The number of carbonyl (C=O) groups is 1. The van der Waals surface area contributed by atoms with Gasteiger partial charge in [0.25, 0.3) is 5.91 Å². The van der Waals surface area contributed by atoms with Gasteiger partial charge in [-0.15, -0.1) is 0 Å². The van der Waals surface area contributed by atoms with Crippen LogP contribution in [0.2, 0.25) is 0 Å². The number of amides is 1. The van der Waals surface area contributed by atoms with E-state index in [4.69, 9.17) is 0 Å². The molecule has 0 aromatic heterocycles. The van der Waals surface area contributed by atoms with Gasteiger partial charge in [0.1, 0.15) is 0 Å². The Morgan fingerprint density at radius 3 is 3.00 bits per heavy atom. The summed E-state index contributed by atoms with van der Waals surface area (Å²) in [6, 6.07) is 8.54. The quantitative estimate of drug-likeness (QED) is 0.843. The highest BCUT2D eigenvalue weighted by molar-refractivity contribution is 5.96. The molecule has 1 amide bonds. The maximum atomic E-state index is 12.1. The van der Waals surface area contributed by atoms with Crippen LogP contribution < -0.4 is 5.32 Å². The van der Waals surface area contributed by atoms with E-state index >= 15 is 0 Å². The Kier molecular flexibility index (Phi) is 3.01. The number of benzene rings is 1. The van der Waals surface area contributed by atoms with Crippen molar-refractivity contribution < 1.29 is 4.79 Å². The molecule has 18 heavy (non-hydrogen) atoms. The highest BCUT2D eigenvalue weighted by Gasteiger charge is 2.24. The number of nitrogens with one attached hydrogen (secondary N) is 1. The number of hydrogen-bond acceptors (Lipinski definition) is 1. The molecule has 0 spiro atoms. The molecule has 0 aliphatic heterocycles. The largest absolute Gasteiger partial charge is 0.345 e. The van der Waals surface area contributed by atoms with Gasteiger partial charge in [-0.05, 0) is 36.8 Å². The van der Waals surface area contributed by atoms with E-state index in [1.165, 1.54) is 11.1 Å². The van der Waals surface area contributed by atoms with Crippen LogP contribution in [-0.4, -0.2) is 5.91 Å². The molecule has 0 bridgehead atoms. The second-order valence-corrected chi connectivity index (χ2v) is 4.75. The molecule has 3 rings (SSSR count). The summed E-state index contributed by atoms with van der Waals surface area (Å²) in [7, 11) is 0. The summed E-state index contributed by atoms with van der Waals surface area (Å²) in [5.41, 5.74) is 3.42. The van der Waals surface area contributed by atoms with E-state index in [0.717, 1.165) is 24.8 Å². The molecule has 1 aromatic carbocycles. The molecule has 0 fully saturated rings. The Balaban J connectivity index is 1.73. The van der Waals surface area contributed by atoms with Crippen LogP contribution >= 0.6 is 0 Å². The van der Waals surface area contributed by atoms with Crippen molar-refractivity contribution in [3.05, 3.63) is 65.6 Å². The Morgan fingerprint density at radius 2 is 2.17 bits per heavy atom. The van der Waals surface area contributed by atoms with E-state index in [0.29, 0.717) is 0 Å². The number of carbonyl (C=O) groups excluding carboxylic acids is 1. The van der Waals surface area contributed by atoms with Gasteiger partial charge < -0.3 is 5.32 Å². The second-order valence-electron chi connectivity index (χ2n) is 4.75. The van der Waals surface area contributed by atoms with Gasteiger partial charge in [0.2, 0.25) is 0 Å². The normalized spacial score (nSPS) is 21.3. The molecule has 0 saturated carbocycles. The number of aryl methyl sites for hydroxylation is 1. The van der Waals surface area contributed by atoms with E-state index in [2.05, 4.69) is 23.5 Å². The first-order valence-corrected chi connectivity index (χ1v) is 6.43. The van der Waals surface area contributed by atoms with Gasteiger partial charge in [-0.2, -0.15) is 0 Å². The summed E-state index contributed by atoms with van der Waals surface area (Å²) < 4.78 is 0. The predicted octanol–water partition coefficient (Wildman–Crippen LogP) is 2.88. The summed E-state index contributed by atoms with van der Waals surface area (Å²) in [6.45, 7) is 0. The van der Waals surface area contributed by atoms with Crippen molar-refractivity contribution >= 4 is 5.91 Å².